The zero-order chi connectivity index (χ0) is 57.4. The van der Waals surface area contributed by atoms with E-state index >= 15 is 0 Å². The summed E-state index contributed by atoms with van der Waals surface area (Å²) >= 11 is 0. The van der Waals surface area contributed by atoms with Crippen LogP contribution in [0.25, 0.3) is 0 Å². The molecule has 0 aromatic heterocycles. The molecule has 31 nitrogen and oxygen atoms in total. The summed E-state index contributed by atoms with van der Waals surface area (Å²) in [5.41, 5.74) is 37.1. The molecule has 0 bridgehead atoms. The number of nitrogens with one attached hydrogen (secondary N) is 5. The van der Waals surface area contributed by atoms with Gasteiger partial charge in [-0.3, -0.25) is 72.3 Å². The quantitative estimate of drug-likeness (QED) is 0.0143. The Bertz CT molecular complexity index is 2180. The van der Waals surface area contributed by atoms with Crippen LogP contribution in [-0.4, -0.2) is 183 Å². The Kier molecular flexibility index (Phi) is 27.4. The van der Waals surface area contributed by atoms with E-state index in [1.807, 2.05) is 0 Å². The van der Waals surface area contributed by atoms with Crippen molar-refractivity contribution in [2.24, 2.45) is 62.0 Å². The van der Waals surface area contributed by atoms with Crippen molar-refractivity contribution in [3.8, 4) is 0 Å². The van der Waals surface area contributed by atoms with Gasteiger partial charge >= 0.3 is 11.9 Å². The lowest BCUT2D eigenvalue weighted by molar-refractivity contribution is -0.144. The Morgan fingerprint density at radius 1 is 0.547 bits per heavy atom. The van der Waals surface area contributed by atoms with Crippen molar-refractivity contribution in [1.82, 2.24) is 36.4 Å². The molecule has 0 radical (unpaired) electrons. The van der Waals surface area contributed by atoms with E-state index in [1.54, 1.807) is 27.7 Å². The van der Waals surface area contributed by atoms with Crippen molar-refractivity contribution in [1.29, 1.82) is 0 Å². The van der Waals surface area contributed by atoms with Gasteiger partial charge in [-0.05, 0) is 63.2 Å². The molecule has 0 aliphatic carbocycles. The summed E-state index contributed by atoms with van der Waals surface area (Å²) in [4.78, 5) is 169. The van der Waals surface area contributed by atoms with Gasteiger partial charge in [-0.25, -0.2) is 0 Å². The van der Waals surface area contributed by atoms with E-state index in [1.165, 1.54) is 16.7 Å². The zero-order valence-corrected chi connectivity index (χ0v) is 42.7. The lowest BCUT2D eigenvalue weighted by atomic mass is 9.98. The van der Waals surface area contributed by atoms with E-state index in [0.29, 0.717) is 25.7 Å². The predicted octanol–water partition coefficient (Wildman–Crippen LogP) is -6.80. The summed E-state index contributed by atoms with van der Waals surface area (Å²) in [6.07, 6.45) is 1.11. The van der Waals surface area contributed by atoms with Crippen molar-refractivity contribution in [2.75, 3.05) is 26.2 Å². The van der Waals surface area contributed by atoms with Crippen molar-refractivity contribution in [2.45, 2.75) is 147 Å². The Morgan fingerprint density at radius 3 is 1.25 bits per heavy atom. The third-order valence-electron chi connectivity index (χ3n) is 11.6. The van der Waals surface area contributed by atoms with Crippen LogP contribution in [0.3, 0.4) is 0 Å². The van der Waals surface area contributed by atoms with Crippen LogP contribution in [0.2, 0.25) is 0 Å². The summed E-state index contributed by atoms with van der Waals surface area (Å²) in [5.74, 6) is -13.7. The largest absolute Gasteiger partial charge is 0.481 e. The second kappa shape index (κ2) is 31.6. The predicted molar refractivity (Wildman–Crippen MR) is 265 cm³/mol. The van der Waals surface area contributed by atoms with Crippen LogP contribution in [-0.2, 0) is 62.3 Å². The Balaban J connectivity index is 0.000000752. The maximum Gasteiger partial charge on any atom is 0.305 e. The van der Waals surface area contributed by atoms with Crippen molar-refractivity contribution < 1.29 is 72.5 Å². The molecule has 2 fully saturated rings. The monoisotopic (exact) mass is 1070 g/mol. The number of carboxylic acids is 2. The summed E-state index contributed by atoms with van der Waals surface area (Å²) < 4.78 is 0. The van der Waals surface area contributed by atoms with Crippen LogP contribution in [0.1, 0.15) is 98.8 Å². The van der Waals surface area contributed by atoms with E-state index < -0.39 is 150 Å². The first kappa shape index (κ1) is 65.0. The molecule has 0 saturated carbocycles. The van der Waals surface area contributed by atoms with Crippen LogP contribution in [0, 0.1) is 11.8 Å². The third-order valence-corrected chi connectivity index (χ3v) is 11.6. The number of hydrogen-bond acceptors (Lipinski definition) is 16. The number of amides is 9. The van der Waals surface area contributed by atoms with Gasteiger partial charge in [0, 0.05) is 33.1 Å². The fourth-order valence-corrected chi connectivity index (χ4v) is 7.86. The lowest BCUT2D eigenvalue weighted by Gasteiger charge is -2.30. The fourth-order valence-electron chi connectivity index (χ4n) is 7.86. The van der Waals surface area contributed by atoms with Crippen molar-refractivity contribution in [3.05, 3.63) is 0 Å². The number of aliphatic carboxylic acids is 2. The number of guanidine groups is 2. The lowest BCUT2D eigenvalue weighted by Crippen LogP contribution is -2.58. The zero-order valence-electron chi connectivity index (χ0n) is 42.7. The highest BCUT2D eigenvalue weighted by molar-refractivity contribution is 6.38. The molecule has 2 rings (SSSR count). The van der Waals surface area contributed by atoms with E-state index in [2.05, 4.69) is 36.6 Å². The van der Waals surface area contributed by atoms with E-state index in [0.717, 1.165) is 0 Å². The van der Waals surface area contributed by atoms with Gasteiger partial charge in [0.2, 0.25) is 52.9 Å². The first-order valence-corrected chi connectivity index (χ1v) is 24.0. The summed E-state index contributed by atoms with van der Waals surface area (Å²) in [7, 11) is 0. The number of Topliss-reactive ketones (excluding diaryl/α,β-unsaturated/α-hetero) is 2. The van der Waals surface area contributed by atoms with Gasteiger partial charge in [-0.15, -0.1) is 0 Å². The van der Waals surface area contributed by atoms with E-state index in [9.17, 15) is 72.5 Å². The first-order chi connectivity index (χ1) is 34.9. The summed E-state index contributed by atoms with van der Waals surface area (Å²) in [5, 5.41) is 30.3. The molecular formula is C44H74N16O15. The van der Waals surface area contributed by atoms with Gasteiger partial charge in [0.25, 0.3) is 11.8 Å². The van der Waals surface area contributed by atoms with Gasteiger partial charge < -0.3 is 86.7 Å². The highest BCUT2D eigenvalue weighted by Crippen LogP contribution is 2.22. The molecule has 21 N–H and O–H groups in total. The van der Waals surface area contributed by atoms with E-state index in [4.69, 9.17) is 40.1 Å². The highest BCUT2D eigenvalue weighted by Gasteiger charge is 2.41. The molecule has 0 spiro atoms. The molecule has 2 heterocycles. The van der Waals surface area contributed by atoms with Crippen LogP contribution < -0.4 is 66.7 Å². The van der Waals surface area contributed by atoms with Crippen molar-refractivity contribution >= 4 is 88.6 Å². The topological polar surface area (TPSA) is 536 Å². The molecule has 0 aromatic rings. The molecule has 75 heavy (non-hydrogen) atoms. The van der Waals surface area contributed by atoms with Crippen LogP contribution >= 0.6 is 0 Å². The number of likely N-dealkylation sites (tertiary alicyclic amines) is 2. The SMILES string of the molecule is CC(=O)N[C@@H](CCCN=C(N)N)C(=O)N1CCC[C@H]1C(=O)N[C@@H](CC(=O)O)C(=O)N[C@H](C(=O)C(N)=O)C(C)C.CC(C)[C@H](NC(=O)[C@H](CC(=O)O)NC(=O)[C@@H]1CCCN1C(=O)[C@@H](N)CCCN=C(N)N)C(=O)C(N)=O. The average Bonchev–Trinajstić information content (AvgIpc) is 4.02. The van der Waals surface area contributed by atoms with Gasteiger partial charge in [-0.2, -0.15) is 0 Å². The molecule has 420 valence electrons. The molecule has 2 aliphatic heterocycles. The number of nitrogens with two attached hydrogens (primary N) is 7. The molecule has 2 aliphatic rings. The molecule has 8 atom stereocenters. The number of primary amides is 2. The molecular weight excluding hydrogens is 993 g/mol. The Labute approximate surface area is 432 Å². The number of rotatable bonds is 29. The van der Waals surface area contributed by atoms with Gasteiger partial charge in [0.1, 0.15) is 30.2 Å². The van der Waals surface area contributed by atoms with Crippen molar-refractivity contribution in [3.63, 3.8) is 0 Å². The van der Waals surface area contributed by atoms with Gasteiger partial charge in [0.05, 0.1) is 31.0 Å². The normalized spacial score (nSPS) is 17.2. The van der Waals surface area contributed by atoms with Crippen LogP contribution in [0.4, 0.5) is 0 Å². The van der Waals surface area contributed by atoms with Gasteiger partial charge in [-0.1, -0.05) is 27.7 Å². The fraction of sp³-hybridized carbons (Fsp3) is 0.659. The van der Waals surface area contributed by atoms with Gasteiger partial charge in [0.15, 0.2) is 11.9 Å². The highest BCUT2D eigenvalue weighted by atomic mass is 16.4. The maximum absolute atomic E-state index is 13.3. The second-order valence-electron chi connectivity index (χ2n) is 18.4. The number of hydrogen-bond donors (Lipinski definition) is 14. The Hall–Kier alpha value is -7.99. The molecule has 0 aromatic carbocycles. The van der Waals surface area contributed by atoms with Crippen LogP contribution in [0.5, 0.6) is 0 Å². The Morgan fingerprint density at radius 2 is 0.920 bits per heavy atom. The molecule has 2 saturated heterocycles. The molecule has 0 unspecified atom stereocenters. The number of carbonyl (C=O) groups is 13. The minimum atomic E-state index is -1.61. The number of ketones is 2. The number of carbonyl (C=O) groups excluding carboxylic acids is 11. The number of carboxylic acid groups (broad SMARTS) is 2. The summed E-state index contributed by atoms with van der Waals surface area (Å²) in [6, 6.07) is -9.67. The number of nitrogens with zero attached hydrogens (tertiary/aromatic N) is 4. The standard InChI is InChI=1S/C23H38N8O8.C21H36N8O7/c1-11(2)17(18(35)19(24)36)30-20(37)14(10-16(33)34)29-21(38)15-7-5-9-31(15)22(39)13(28-12(3)32)6-4-8-27-23(25)26;1-10(2)15(16(32)17(23)33)28-18(34)12(9-14(30)31)27-19(35)13-6-4-8-29(13)20(36)11(22)5-3-7-26-21(24)25/h11,13-15,17H,4-10H2,1-3H3,(H2,24,36)(H,28,32)(H,29,38)(H,30,37)(H,33,34)(H4,25,26,27);10-13,15H,3-9,22H2,1-2H3,(H2,23,33)(H,27,35)(H,28,34)(H,30,31)(H4,24,25,26)/t13-,14-,15-,17-;11-,12-,13-,15-/m00/s1. The number of aliphatic imine (C=N–C) groups is 2. The smallest absolute Gasteiger partial charge is 0.305 e. The van der Waals surface area contributed by atoms with E-state index in [-0.39, 0.29) is 63.8 Å². The average molecular weight is 1070 g/mol. The minimum Gasteiger partial charge on any atom is -0.481 e. The first-order valence-electron chi connectivity index (χ1n) is 24.0. The molecule has 31 heteroatoms. The summed E-state index contributed by atoms with van der Waals surface area (Å²) in [6.45, 7) is 8.40. The maximum atomic E-state index is 13.3. The van der Waals surface area contributed by atoms with Crippen LogP contribution in [0.15, 0.2) is 9.98 Å². The minimum absolute atomic E-state index is 0.0789. The molecule has 9 amide bonds. The second-order valence-corrected chi connectivity index (χ2v) is 18.4. The third kappa shape index (κ3) is 22.3.